The number of fused-ring (bicyclic) bond motifs is 3. The normalized spacial score (nSPS) is 25.0. The van der Waals surface area contributed by atoms with Crippen molar-refractivity contribution in [2.75, 3.05) is 4.57 Å². The van der Waals surface area contributed by atoms with Crippen molar-refractivity contribution < 1.29 is 17.0 Å². The molecule has 5 rings (SSSR count). The first kappa shape index (κ1) is 26.6. The van der Waals surface area contributed by atoms with Crippen LogP contribution in [0, 0.1) is 25.2 Å². The summed E-state index contributed by atoms with van der Waals surface area (Å²) in [4.78, 5) is 0. The molecule has 1 fully saturated rings. The molecule has 0 bridgehead atoms. The molecular formula is C27H34Cl2N2SiTi-2. The number of halogens is 2. The Balaban J connectivity index is 0.000000728. The summed E-state index contributed by atoms with van der Waals surface area (Å²) >= 11 is -0.556. The van der Waals surface area contributed by atoms with Crippen molar-refractivity contribution in [3.63, 3.8) is 0 Å². The molecule has 33 heavy (non-hydrogen) atoms. The van der Waals surface area contributed by atoms with Crippen molar-refractivity contribution in [1.82, 2.24) is 0 Å². The summed E-state index contributed by atoms with van der Waals surface area (Å²) in [5.74, 6) is 2.12. The number of hydrogen-bond donors (Lipinski definition) is 0. The Kier molecular flexibility index (Phi) is 8.67. The minimum atomic E-state index is -1.91. The van der Waals surface area contributed by atoms with Crippen LogP contribution in [0.4, 0.5) is 22.7 Å². The van der Waals surface area contributed by atoms with E-state index >= 15 is 0 Å². The van der Waals surface area contributed by atoms with Crippen molar-refractivity contribution in [3.8, 4) is 0 Å². The Bertz CT molecular complexity index is 1010. The zero-order chi connectivity index (χ0) is 23.0. The van der Waals surface area contributed by atoms with Crippen molar-refractivity contribution in [3.05, 3.63) is 84.6 Å². The molecule has 1 aliphatic heterocycles. The van der Waals surface area contributed by atoms with Gasteiger partial charge in [0.25, 0.3) is 0 Å². The summed E-state index contributed by atoms with van der Waals surface area (Å²) in [5.41, 5.74) is 8.69. The molecule has 2 aromatic rings. The Hall–Kier alpha value is -0.969. The topological polar surface area (TPSA) is 17.3 Å². The fourth-order valence-electron chi connectivity index (χ4n) is 6.53. The first-order valence-corrected chi connectivity index (χ1v) is 18.6. The van der Waals surface area contributed by atoms with E-state index in [4.69, 9.17) is 23.9 Å². The SMILES string of the molecule is CC1=CC=C(C)C2C1CC(C)C2[Si](C)(C)N1c2ccccc2[N-]c2ccccc21.[CH3-].[Cl][Ti][Cl]. The van der Waals surface area contributed by atoms with Crippen LogP contribution in [-0.4, -0.2) is 8.24 Å². The molecule has 6 heteroatoms. The summed E-state index contributed by atoms with van der Waals surface area (Å²) in [6.45, 7) is 12.4. The monoisotopic (exact) mass is 532 g/mol. The van der Waals surface area contributed by atoms with Gasteiger partial charge in [-0.3, -0.25) is 0 Å². The maximum atomic E-state index is 4.99. The molecule has 1 heterocycles. The first-order valence-electron chi connectivity index (χ1n) is 11.3. The molecule has 4 unspecified atom stereocenters. The summed E-state index contributed by atoms with van der Waals surface area (Å²) in [5, 5.41) is 4.99. The van der Waals surface area contributed by atoms with Crippen LogP contribution in [0.5, 0.6) is 0 Å². The average molecular weight is 533 g/mol. The van der Waals surface area contributed by atoms with Crippen LogP contribution in [0.3, 0.4) is 0 Å². The number of allylic oxidation sites excluding steroid dienone is 4. The number of nitrogens with zero attached hydrogens (tertiary/aromatic N) is 2. The molecule has 0 N–H and O–H groups in total. The zero-order valence-corrected chi connectivity index (χ0v) is 24.5. The molecule has 0 radical (unpaired) electrons. The number of anilines is 2. The maximum absolute atomic E-state index is 4.99. The molecule has 0 aromatic heterocycles. The Morgan fingerprint density at radius 1 is 0.909 bits per heavy atom. The van der Waals surface area contributed by atoms with Gasteiger partial charge in [-0.2, -0.15) is 0 Å². The van der Waals surface area contributed by atoms with Crippen LogP contribution in [0.25, 0.3) is 5.32 Å². The molecular weight excluding hydrogens is 499 g/mol. The van der Waals surface area contributed by atoms with Gasteiger partial charge in [-0.15, -0.1) is 11.4 Å². The third-order valence-corrected chi connectivity index (χ3v) is 11.9. The third kappa shape index (κ3) is 4.77. The summed E-state index contributed by atoms with van der Waals surface area (Å²) in [6.07, 6.45) is 6.07. The van der Waals surface area contributed by atoms with Gasteiger partial charge >= 0.3 is 35.6 Å². The van der Waals surface area contributed by atoms with Crippen molar-refractivity contribution in [2.24, 2.45) is 17.8 Å². The second-order valence-electron chi connectivity index (χ2n) is 9.84. The number of hydrogen-bond acceptors (Lipinski definition) is 1. The van der Waals surface area contributed by atoms with Crippen molar-refractivity contribution in [2.45, 2.75) is 45.8 Å². The van der Waals surface area contributed by atoms with Gasteiger partial charge in [0.15, 0.2) is 8.24 Å². The first-order chi connectivity index (χ1) is 15.3. The average Bonchev–Trinajstić information content (AvgIpc) is 3.14. The van der Waals surface area contributed by atoms with Gasteiger partial charge in [0, 0.05) is 11.4 Å². The van der Waals surface area contributed by atoms with Gasteiger partial charge in [-0.25, -0.2) is 0 Å². The molecule has 1 saturated carbocycles. The molecule has 2 aromatic carbocycles. The number of benzene rings is 2. The predicted molar refractivity (Wildman–Crippen MR) is 145 cm³/mol. The second kappa shape index (κ2) is 10.7. The minimum absolute atomic E-state index is 0. The summed E-state index contributed by atoms with van der Waals surface area (Å²) in [7, 11) is 7.87. The van der Waals surface area contributed by atoms with Crippen LogP contribution in [0.15, 0.2) is 71.8 Å². The molecule has 2 aliphatic carbocycles. The van der Waals surface area contributed by atoms with Gasteiger partial charge < -0.3 is 17.3 Å². The molecule has 0 spiro atoms. The Morgan fingerprint density at radius 2 is 1.39 bits per heavy atom. The van der Waals surface area contributed by atoms with E-state index in [2.05, 4.69) is 99.1 Å². The summed E-state index contributed by atoms with van der Waals surface area (Å²) < 4.78 is 2.73. The van der Waals surface area contributed by atoms with E-state index in [1.807, 2.05) is 0 Å². The standard InChI is InChI=1S/C26H31N2Si.CH3.2ClH.Ti/c1-17-14-15-18(2)25-20(17)16-19(3)26(25)29(4,5)28-23-12-8-6-10-21(23)27-22-11-7-9-13-24(22)28;;;;/h6-15,19-20,25-26H,16H2,1-5H3;1H3;2*1H;/q2*-1;;;+2/p-2. The van der Waals surface area contributed by atoms with Crippen LogP contribution in [0.2, 0.25) is 18.6 Å². The predicted octanol–water partition coefficient (Wildman–Crippen LogP) is 10.1. The Labute approximate surface area is 218 Å². The van der Waals surface area contributed by atoms with E-state index in [0.29, 0.717) is 17.4 Å². The van der Waals surface area contributed by atoms with E-state index in [-0.39, 0.29) is 7.43 Å². The quantitative estimate of drug-likeness (QED) is 0.277. The van der Waals surface area contributed by atoms with Crippen LogP contribution < -0.4 is 4.57 Å². The fourth-order valence-corrected chi connectivity index (χ4v) is 11.3. The number of para-hydroxylation sites is 4. The molecule has 0 saturated heterocycles. The molecule has 3 aliphatic rings. The van der Waals surface area contributed by atoms with Crippen molar-refractivity contribution >= 4 is 49.6 Å². The second-order valence-corrected chi connectivity index (χ2v) is 16.8. The van der Waals surface area contributed by atoms with Crippen molar-refractivity contribution in [1.29, 1.82) is 0 Å². The van der Waals surface area contributed by atoms with Gasteiger partial charge in [-0.1, -0.05) is 79.7 Å². The zero-order valence-electron chi connectivity index (χ0n) is 20.4. The van der Waals surface area contributed by atoms with Gasteiger partial charge in [-0.05, 0) is 55.7 Å². The number of rotatable bonds is 2. The van der Waals surface area contributed by atoms with E-state index in [0.717, 1.165) is 17.3 Å². The third-order valence-electron chi connectivity index (χ3n) is 7.66. The van der Waals surface area contributed by atoms with Gasteiger partial charge in [0.2, 0.25) is 0 Å². The summed E-state index contributed by atoms with van der Waals surface area (Å²) in [6, 6.07) is 17.4. The Morgan fingerprint density at radius 3 is 1.94 bits per heavy atom. The fraction of sp³-hybridized carbons (Fsp3) is 0.370. The van der Waals surface area contributed by atoms with Gasteiger partial charge in [0.05, 0.1) is 0 Å². The molecule has 0 amide bonds. The van der Waals surface area contributed by atoms with E-state index in [9.17, 15) is 0 Å². The van der Waals surface area contributed by atoms with Crippen LogP contribution in [0.1, 0.15) is 27.2 Å². The van der Waals surface area contributed by atoms with Gasteiger partial charge in [0.1, 0.15) is 0 Å². The van der Waals surface area contributed by atoms with Crippen LogP contribution >= 0.6 is 18.6 Å². The van der Waals surface area contributed by atoms with E-state index < -0.39 is 25.3 Å². The molecule has 176 valence electrons. The molecule has 2 nitrogen and oxygen atoms in total. The molecule has 4 atom stereocenters. The van der Waals surface area contributed by atoms with E-state index in [1.54, 1.807) is 11.1 Å². The van der Waals surface area contributed by atoms with Crippen LogP contribution in [-0.2, 0) is 17.0 Å². The van der Waals surface area contributed by atoms with E-state index in [1.165, 1.54) is 17.8 Å².